The van der Waals surface area contributed by atoms with E-state index in [2.05, 4.69) is 21.2 Å². The molecule has 0 saturated heterocycles. The minimum Gasteiger partial charge on any atom is -0.496 e. The quantitative estimate of drug-likeness (QED) is 0.619. The van der Waals surface area contributed by atoms with E-state index >= 15 is 0 Å². The Morgan fingerprint density at radius 1 is 1.17 bits per heavy atom. The molecule has 0 saturated carbocycles. The molecule has 3 aromatic rings. The molecule has 0 spiro atoms. The van der Waals surface area contributed by atoms with Crippen LogP contribution in [0, 0.1) is 5.82 Å². The molecule has 3 nitrogen and oxygen atoms in total. The van der Waals surface area contributed by atoms with E-state index in [1.165, 1.54) is 22.6 Å². The Labute approximate surface area is 151 Å². The van der Waals surface area contributed by atoms with Gasteiger partial charge in [-0.25, -0.2) is 9.37 Å². The van der Waals surface area contributed by atoms with Crippen molar-refractivity contribution in [3.8, 4) is 17.0 Å². The van der Waals surface area contributed by atoms with E-state index in [1.54, 1.807) is 30.6 Å². The second kappa shape index (κ2) is 6.18. The van der Waals surface area contributed by atoms with Gasteiger partial charge < -0.3 is 10.1 Å². The zero-order chi connectivity index (χ0) is 16.7. The summed E-state index contributed by atoms with van der Waals surface area (Å²) in [6.45, 7) is 0. The third-order valence-electron chi connectivity index (χ3n) is 4.07. The first-order valence-corrected chi connectivity index (χ1v) is 9.14. The maximum atomic E-state index is 13.0. The summed E-state index contributed by atoms with van der Waals surface area (Å²) in [5.41, 5.74) is 4.10. The van der Waals surface area contributed by atoms with Crippen LogP contribution in [0.25, 0.3) is 11.3 Å². The number of hydrogen-bond acceptors (Lipinski definition) is 4. The van der Waals surface area contributed by atoms with E-state index in [0.29, 0.717) is 0 Å². The average Bonchev–Trinajstić information content (AvgIpc) is 3.00. The third kappa shape index (κ3) is 2.70. The van der Waals surface area contributed by atoms with Crippen LogP contribution in [0.5, 0.6) is 5.75 Å². The van der Waals surface area contributed by atoms with Gasteiger partial charge in [0.1, 0.15) is 11.6 Å². The molecule has 1 aromatic heterocycles. The van der Waals surface area contributed by atoms with Crippen LogP contribution in [-0.4, -0.2) is 12.1 Å². The number of aromatic nitrogens is 1. The summed E-state index contributed by atoms with van der Waals surface area (Å²) < 4.78 is 19.7. The highest BCUT2D eigenvalue weighted by molar-refractivity contribution is 9.10. The fourth-order valence-corrected chi connectivity index (χ4v) is 4.46. The first-order chi connectivity index (χ1) is 11.7. The van der Waals surface area contributed by atoms with E-state index in [4.69, 9.17) is 9.72 Å². The first kappa shape index (κ1) is 15.6. The van der Waals surface area contributed by atoms with E-state index in [-0.39, 0.29) is 5.82 Å². The van der Waals surface area contributed by atoms with Crippen molar-refractivity contribution < 1.29 is 9.13 Å². The lowest BCUT2D eigenvalue weighted by molar-refractivity contribution is 0.415. The van der Waals surface area contributed by atoms with Crippen LogP contribution in [-0.2, 0) is 12.8 Å². The number of hydrogen-bond donors (Lipinski definition) is 1. The standard InChI is InChI=1S/C18H14BrFN2OS/c1-23-14-8-7-13(19)12-6-9-15-17(16(12)14)22-18(24-15)21-11-4-2-10(20)3-5-11/h2-5,7-8H,6,9H2,1H3,(H,21,22). The van der Waals surface area contributed by atoms with E-state index in [9.17, 15) is 4.39 Å². The van der Waals surface area contributed by atoms with Crippen molar-refractivity contribution in [1.82, 2.24) is 4.98 Å². The van der Waals surface area contributed by atoms with Crippen molar-refractivity contribution in [2.45, 2.75) is 12.8 Å². The highest BCUT2D eigenvalue weighted by atomic mass is 79.9. The summed E-state index contributed by atoms with van der Waals surface area (Å²) in [5, 5.41) is 4.07. The molecule has 1 aliphatic carbocycles. The molecular weight excluding hydrogens is 391 g/mol. The van der Waals surface area contributed by atoms with Gasteiger partial charge in [-0.2, -0.15) is 0 Å². The topological polar surface area (TPSA) is 34.1 Å². The largest absolute Gasteiger partial charge is 0.496 e. The smallest absolute Gasteiger partial charge is 0.187 e. The summed E-state index contributed by atoms with van der Waals surface area (Å²) in [7, 11) is 1.68. The molecule has 122 valence electrons. The summed E-state index contributed by atoms with van der Waals surface area (Å²) >= 11 is 5.27. The van der Waals surface area contributed by atoms with Crippen LogP contribution >= 0.6 is 27.3 Å². The molecule has 1 N–H and O–H groups in total. The number of thiazole rings is 1. The number of methoxy groups -OCH3 is 1. The number of ether oxygens (including phenoxy) is 1. The normalized spacial score (nSPS) is 12.5. The Bertz CT molecular complexity index is 908. The first-order valence-electron chi connectivity index (χ1n) is 7.53. The van der Waals surface area contributed by atoms with Crippen LogP contribution in [0.2, 0.25) is 0 Å². The van der Waals surface area contributed by atoms with Gasteiger partial charge in [0.05, 0.1) is 12.8 Å². The number of anilines is 2. The number of fused-ring (bicyclic) bond motifs is 3. The van der Waals surface area contributed by atoms with Crippen molar-refractivity contribution in [3.05, 3.63) is 57.1 Å². The van der Waals surface area contributed by atoms with Gasteiger partial charge in [-0.15, -0.1) is 11.3 Å². The van der Waals surface area contributed by atoms with Crippen molar-refractivity contribution in [3.63, 3.8) is 0 Å². The fraction of sp³-hybridized carbons (Fsp3) is 0.167. The van der Waals surface area contributed by atoms with Crippen LogP contribution in [0.1, 0.15) is 10.4 Å². The van der Waals surface area contributed by atoms with Gasteiger partial charge in [-0.05, 0) is 54.8 Å². The Kier molecular flexibility index (Phi) is 4.02. The van der Waals surface area contributed by atoms with Crippen molar-refractivity contribution in [2.75, 3.05) is 12.4 Å². The molecule has 24 heavy (non-hydrogen) atoms. The van der Waals surface area contributed by atoms with Gasteiger partial charge in [-0.3, -0.25) is 0 Å². The van der Waals surface area contributed by atoms with E-state index in [0.717, 1.165) is 45.1 Å². The molecular formula is C18H14BrFN2OS. The average molecular weight is 405 g/mol. The predicted octanol–water partition coefficient (Wildman–Crippen LogP) is 5.56. The lowest BCUT2D eigenvalue weighted by atomic mass is 9.93. The SMILES string of the molecule is COc1ccc(Br)c2c1-c1nc(Nc3ccc(F)cc3)sc1CC2. The van der Waals surface area contributed by atoms with Gasteiger partial charge >= 0.3 is 0 Å². The highest BCUT2D eigenvalue weighted by Crippen LogP contribution is 2.45. The van der Waals surface area contributed by atoms with Crippen molar-refractivity contribution in [1.29, 1.82) is 0 Å². The Morgan fingerprint density at radius 3 is 2.71 bits per heavy atom. The number of aryl methyl sites for hydroxylation is 1. The maximum absolute atomic E-state index is 13.0. The Balaban J connectivity index is 1.75. The van der Waals surface area contributed by atoms with Crippen LogP contribution < -0.4 is 10.1 Å². The molecule has 0 amide bonds. The lowest BCUT2D eigenvalue weighted by Crippen LogP contribution is -2.05. The minimum atomic E-state index is -0.248. The van der Waals surface area contributed by atoms with Gasteiger partial charge in [0.2, 0.25) is 0 Å². The van der Waals surface area contributed by atoms with E-state index < -0.39 is 0 Å². The molecule has 0 bridgehead atoms. The van der Waals surface area contributed by atoms with Gasteiger partial charge in [0.25, 0.3) is 0 Å². The number of benzene rings is 2. The summed E-state index contributed by atoms with van der Waals surface area (Å²) in [5.74, 6) is 0.593. The molecule has 4 rings (SSSR count). The van der Waals surface area contributed by atoms with Crippen molar-refractivity contribution >= 4 is 38.1 Å². The van der Waals surface area contributed by atoms with Crippen LogP contribution in [0.3, 0.4) is 0 Å². The minimum absolute atomic E-state index is 0.248. The van der Waals surface area contributed by atoms with Crippen LogP contribution in [0.4, 0.5) is 15.2 Å². The fourth-order valence-electron chi connectivity index (χ4n) is 2.94. The second-order valence-corrected chi connectivity index (χ2v) is 7.46. The molecule has 1 aliphatic rings. The second-order valence-electron chi connectivity index (χ2n) is 5.53. The summed E-state index contributed by atoms with van der Waals surface area (Å²) in [6, 6.07) is 10.3. The molecule has 1 heterocycles. The molecule has 0 unspecified atom stereocenters. The number of nitrogens with one attached hydrogen (secondary N) is 1. The number of nitrogens with zero attached hydrogens (tertiary/aromatic N) is 1. The molecule has 0 radical (unpaired) electrons. The summed E-state index contributed by atoms with van der Waals surface area (Å²) in [4.78, 5) is 6.01. The monoisotopic (exact) mass is 404 g/mol. The third-order valence-corrected chi connectivity index (χ3v) is 5.84. The molecule has 0 aliphatic heterocycles. The molecule has 2 aromatic carbocycles. The van der Waals surface area contributed by atoms with E-state index in [1.807, 2.05) is 12.1 Å². The Morgan fingerprint density at radius 2 is 1.96 bits per heavy atom. The zero-order valence-electron chi connectivity index (χ0n) is 12.9. The molecule has 0 atom stereocenters. The number of rotatable bonds is 3. The van der Waals surface area contributed by atoms with Crippen molar-refractivity contribution in [2.24, 2.45) is 0 Å². The number of halogens is 2. The zero-order valence-corrected chi connectivity index (χ0v) is 15.3. The predicted molar refractivity (Wildman–Crippen MR) is 98.9 cm³/mol. The molecule has 0 fully saturated rings. The van der Waals surface area contributed by atoms with Crippen LogP contribution in [0.15, 0.2) is 40.9 Å². The molecule has 6 heteroatoms. The van der Waals surface area contributed by atoms with Gasteiger partial charge in [0, 0.05) is 20.6 Å². The Hall–Kier alpha value is -1.92. The highest BCUT2D eigenvalue weighted by Gasteiger charge is 2.26. The van der Waals surface area contributed by atoms with Gasteiger partial charge in [-0.1, -0.05) is 15.9 Å². The van der Waals surface area contributed by atoms with Gasteiger partial charge in [0.15, 0.2) is 5.13 Å². The summed E-state index contributed by atoms with van der Waals surface area (Å²) in [6.07, 6.45) is 1.91. The lowest BCUT2D eigenvalue weighted by Gasteiger charge is -2.19. The maximum Gasteiger partial charge on any atom is 0.187 e.